The standard InChI is InChI=1S/C14H17N5O2/c1-4-19(11-6-5-7-15-8-11)14(20)12-9-16-13(18(12)2)10-17-21-3/h5-10H,4H2,1-3H3/b17-10-. The molecule has 0 aliphatic heterocycles. The van der Waals surface area contributed by atoms with Crippen LogP contribution >= 0.6 is 0 Å². The molecule has 2 heterocycles. The molecule has 21 heavy (non-hydrogen) atoms. The van der Waals surface area contributed by atoms with E-state index in [1.165, 1.54) is 19.5 Å². The second-order valence-electron chi connectivity index (χ2n) is 4.24. The molecule has 0 saturated heterocycles. The van der Waals surface area contributed by atoms with E-state index in [-0.39, 0.29) is 5.91 Å². The number of amides is 1. The third kappa shape index (κ3) is 3.07. The van der Waals surface area contributed by atoms with Crippen molar-refractivity contribution in [2.75, 3.05) is 18.6 Å². The van der Waals surface area contributed by atoms with E-state index in [4.69, 9.17) is 0 Å². The zero-order valence-corrected chi connectivity index (χ0v) is 12.2. The first-order valence-corrected chi connectivity index (χ1v) is 6.49. The predicted octanol–water partition coefficient (Wildman–Crippen LogP) is 1.46. The normalized spacial score (nSPS) is 10.8. The fraction of sp³-hybridized carbons (Fsp3) is 0.286. The van der Waals surface area contributed by atoms with Gasteiger partial charge in [0.05, 0.1) is 18.1 Å². The van der Waals surface area contributed by atoms with E-state index in [9.17, 15) is 4.79 Å². The minimum absolute atomic E-state index is 0.141. The number of nitrogens with zero attached hydrogens (tertiary/aromatic N) is 5. The number of rotatable bonds is 5. The zero-order valence-electron chi connectivity index (χ0n) is 12.2. The Labute approximate surface area is 122 Å². The van der Waals surface area contributed by atoms with Crippen molar-refractivity contribution in [2.24, 2.45) is 12.2 Å². The summed E-state index contributed by atoms with van der Waals surface area (Å²) in [7, 11) is 3.21. The number of imidazole rings is 1. The van der Waals surface area contributed by atoms with Gasteiger partial charge < -0.3 is 14.3 Å². The van der Waals surface area contributed by atoms with Gasteiger partial charge in [0, 0.05) is 19.8 Å². The first-order chi connectivity index (χ1) is 10.2. The molecular formula is C14H17N5O2. The molecule has 1 amide bonds. The van der Waals surface area contributed by atoms with Crippen LogP contribution < -0.4 is 4.90 Å². The Morgan fingerprint density at radius 1 is 1.52 bits per heavy atom. The molecule has 2 rings (SSSR count). The number of aromatic nitrogens is 3. The number of hydrogen-bond acceptors (Lipinski definition) is 5. The largest absolute Gasteiger partial charge is 0.399 e. The second kappa shape index (κ2) is 6.65. The third-order valence-electron chi connectivity index (χ3n) is 3.04. The summed E-state index contributed by atoms with van der Waals surface area (Å²) in [5.41, 5.74) is 1.22. The number of hydrogen-bond donors (Lipinski definition) is 0. The van der Waals surface area contributed by atoms with Crippen LogP contribution in [0.4, 0.5) is 5.69 Å². The van der Waals surface area contributed by atoms with Crippen molar-refractivity contribution in [1.82, 2.24) is 14.5 Å². The summed E-state index contributed by atoms with van der Waals surface area (Å²) < 4.78 is 1.67. The Hall–Kier alpha value is -2.70. The molecule has 0 unspecified atom stereocenters. The molecule has 0 aromatic carbocycles. The molecule has 7 heteroatoms. The number of anilines is 1. The summed E-state index contributed by atoms with van der Waals surface area (Å²) >= 11 is 0. The van der Waals surface area contributed by atoms with E-state index < -0.39 is 0 Å². The quantitative estimate of drug-likeness (QED) is 0.616. The molecule has 0 N–H and O–H groups in total. The van der Waals surface area contributed by atoms with Crippen LogP contribution in [0.5, 0.6) is 0 Å². The van der Waals surface area contributed by atoms with Crippen LogP contribution in [0.1, 0.15) is 23.2 Å². The van der Waals surface area contributed by atoms with Gasteiger partial charge in [0.2, 0.25) is 0 Å². The van der Waals surface area contributed by atoms with Gasteiger partial charge in [-0.2, -0.15) is 0 Å². The van der Waals surface area contributed by atoms with Crippen molar-refractivity contribution in [3.05, 3.63) is 42.2 Å². The van der Waals surface area contributed by atoms with Crippen molar-refractivity contribution in [2.45, 2.75) is 6.92 Å². The van der Waals surface area contributed by atoms with Gasteiger partial charge in [0.25, 0.3) is 5.91 Å². The van der Waals surface area contributed by atoms with Crippen LogP contribution in [0.15, 0.2) is 35.9 Å². The molecule has 2 aromatic heterocycles. The maximum absolute atomic E-state index is 12.6. The fourth-order valence-corrected chi connectivity index (χ4v) is 1.94. The monoisotopic (exact) mass is 287 g/mol. The first-order valence-electron chi connectivity index (χ1n) is 6.49. The number of carbonyl (C=O) groups is 1. The van der Waals surface area contributed by atoms with Crippen molar-refractivity contribution in [1.29, 1.82) is 0 Å². The molecular weight excluding hydrogens is 270 g/mol. The van der Waals surface area contributed by atoms with E-state index >= 15 is 0 Å². The summed E-state index contributed by atoms with van der Waals surface area (Å²) in [5.74, 6) is 0.403. The Bertz CT molecular complexity index is 636. The van der Waals surface area contributed by atoms with Crippen molar-refractivity contribution >= 4 is 17.8 Å². The first kappa shape index (κ1) is 14.7. The fourth-order valence-electron chi connectivity index (χ4n) is 1.94. The summed E-state index contributed by atoms with van der Waals surface area (Å²) in [6.45, 7) is 2.45. The maximum Gasteiger partial charge on any atom is 0.276 e. The highest BCUT2D eigenvalue weighted by atomic mass is 16.6. The van der Waals surface area contributed by atoms with Gasteiger partial charge in [0.15, 0.2) is 5.82 Å². The van der Waals surface area contributed by atoms with Crippen LogP contribution in [0, 0.1) is 0 Å². The smallest absolute Gasteiger partial charge is 0.276 e. The van der Waals surface area contributed by atoms with E-state index in [2.05, 4.69) is 20.0 Å². The van der Waals surface area contributed by atoms with E-state index in [0.29, 0.717) is 18.1 Å². The predicted molar refractivity (Wildman–Crippen MR) is 79.4 cm³/mol. The topological polar surface area (TPSA) is 72.6 Å². The van der Waals surface area contributed by atoms with Crippen molar-refractivity contribution in [3.8, 4) is 0 Å². The highest BCUT2D eigenvalue weighted by Gasteiger charge is 2.20. The average Bonchev–Trinajstić information content (AvgIpc) is 2.88. The SMILES string of the molecule is CCN(C(=O)c1cnc(/C=N\OC)n1C)c1cccnc1. The average molecular weight is 287 g/mol. The van der Waals surface area contributed by atoms with Gasteiger partial charge >= 0.3 is 0 Å². The third-order valence-corrected chi connectivity index (χ3v) is 3.04. The highest BCUT2D eigenvalue weighted by molar-refractivity contribution is 6.05. The molecule has 2 aromatic rings. The Morgan fingerprint density at radius 3 is 2.95 bits per heavy atom. The minimum Gasteiger partial charge on any atom is -0.399 e. The summed E-state index contributed by atoms with van der Waals surface area (Å²) in [6, 6.07) is 3.64. The molecule has 0 spiro atoms. The van der Waals surface area contributed by atoms with E-state index in [1.54, 1.807) is 35.0 Å². The molecule has 0 fully saturated rings. The number of pyridine rings is 1. The van der Waals surface area contributed by atoms with Crippen molar-refractivity contribution < 1.29 is 9.63 Å². The molecule has 0 atom stereocenters. The number of oxime groups is 1. The molecule has 0 saturated carbocycles. The Morgan fingerprint density at radius 2 is 2.33 bits per heavy atom. The molecule has 0 aliphatic rings. The lowest BCUT2D eigenvalue weighted by molar-refractivity contribution is 0.0980. The van der Waals surface area contributed by atoms with Crippen LogP contribution in [0.3, 0.4) is 0 Å². The lowest BCUT2D eigenvalue weighted by Gasteiger charge is -2.20. The van der Waals surface area contributed by atoms with Crippen LogP contribution in [-0.4, -0.2) is 40.3 Å². The molecule has 110 valence electrons. The van der Waals surface area contributed by atoms with Crippen LogP contribution in [-0.2, 0) is 11.9 Å². The summed E-state index contributed by atoms with van der Waals surface area (Å²) in [4.78, 5) is 27.1. The maximum atomic E-state index is 12.6. The zero-order chi connectivity index (χ0) is 15.2. The Balaban J connectivity index is 2.31. The molecule has 0 bridgehead atoms. The second-order valence-corrected chi connectivity index (χ2v) is 4.24. The van der Waals surface area contributed by atoms with Gasteiger partial charge in [-0.05, 0) is 19.1 Å². The van der Waals surface area contributed by atoms with Crippen molar-refractivity contribution in [3.63, 3.8) is 0 Å². The minimum atomic E-state index is -0.141. The molecule has 0 aliphatic carbocycles. The van der Waals surface area contributed by atoms with E-state index in [1.807, 2.05) is 13.0 Å². The highest BCUT2D eigenvalue weighted by Crippen LogP contribution is 2.15. The van der Waals surface area contributed by atoms with Gasteiger partial charge in [-0.1, -0.05) is 5.16 Å². The van der Waals surface area contributed by atoms with Gasteiger partial charge in [-0.15, -0.1) is 0 Å². The summed E-state index contributed by atoms with van der Waals surface area (Å²) in [5, 5.41) is 3.66. The lowest BCUT2D eigenvalue weighted by atomic mass is 10.3. The lowest BCUT2D eigenvalue weighted by Crippen LogP contribution is -2.32. The van der Waals surface area contributed by atoms with Gasteiger partial charge in [0.1, 0.15) is 19.0 Å². The summed E-state index contributed by atoms with van der Waals surface area (Å²) in [6.07, 6.45) is 6.31. The van der Waals surface area contributed by atoms with Crippen LogP contribution in [0.2, 0.25) is 0 Å². The van der Waals surface area contributed by atoms with Gasteiger partial charge in [-0.3, -0.25) is 9.78 Å². The van der Waals surface area contributed by atoms with Crippen LogP contribution in [0.25, 0.3) is 0 Å². The molecule has 7 nitrogen and oxygen atoms in total. The van der Waals surface area contributed by atoms with Gasteiger partial charge in [-0.25, -0.2) is 4.98 Å². The molecule has 0 radical (unpaired) electrons. The van der Waals surface area contributed by atoms with E-state index in [0.717, 1.165) is 5.69 Å². The number of carbonyl (C=O) groups excluding carboxylic acids is 1. The Kier molecular flexibility index (Phi) is 4.65.